The lowest BCUT2D eigenvalue weighted by Crippen LogP contribution is -2.47. The van der Waals surface area contributed by atoms with Gasteiger partial charge in [-0.1, -0.05) is 31.4 Å². The predicted molar refractivity (Wildman–Crippen MR) is 80.4 cm³/mol. The number of hydrogen-bond donors (Lipinski definition) is 2. The summed E-state index contributed by atoms with van der Waals surface area (Å²) in [7, 11) is 0. The van der Waals surface area contributed by atoms with Crippen LogP contribution < -0.4 is 11.1 Å². The highest BCUT2D eigenvalue weighted by Gasteiger charge is 2.24. The maximum Gasteiger partial charge on any atom is 0.317 e. The highest BCUT2D eigenvalue weighted by atomic mass is 16.2. The van der Waals surface area contributed by atoms with Crippen LogP contribution in [-0.2, 0) is 13.0 Å². The largest absolute Gasteiger partial charge is 0.398 e. The molecule has 1 heterocycles. The van der Waals surface area contributed by atoms with Crippen molar-refractivity contribution < 1.29 is 4.79 Å². The second kappa shape index (κ2) is 5.73. The number of nitrogens with one attached hydrogen (secondary N) is 1. The number of nitrogens with two attached hydrogens (primary N) is 1. The molecule has 1 aromatic rings. The van der Waals surface area contributed by atoms with Gasteiger partial charge in [-0.25, -0.2) is 4.79 Å². The predicted octanol–water partition coefficient (Wildman–Crippen LogP) is 2.67. The van der Waals surface area contributed by atoms with E-state index in [0.29, 0.717) is 12.6 Å². The molecule has 20 heavy (non-hydrogen) atoms. The molecule has 1 aromatic carbocycles. The maximum absolute atomic E-state index is 12.4. The molecule has 1 fully saturated rings. The van der Waals surface area contributed by atoms with E-state index in [1.165, 1.54) is 24.8 Å². The number of nitrogen functional groups attached to an aromatic ring is 1. The Bertz CT molecular complexity index is 494. The van der Waals surface area contributed by atoms with Crippen LogP contribution in [-0.4, -0.2) is 23.5 Å². The Hall–Kier alpha value is -1.71. The van der Waals surface area contributed by atoms with E-state index in [4.69, 9.17) is 5.73 Å². The molecule has 1 aliphatic heterocycles. The quantitative estimate of drug-likeness (QED) is 0.773. The maximum atomic E-state index is 12.4. The Kier molecular flexibility index (Phi) is 3.81. The van der Waals surface area contributed by atoms with Gasteiger partial charge in [-0.3, -0.25) is 0 Å². The van der Waals surface area contributed by atoms with Crippen molar-refractivity contribution in [3.63, 3.8) is 0 Å². The number of amides is 2. The van der Waals surface area contributed by atoms with E-state index in [2.05, 4.69) is 11.4 Å². The number of hydrogen-bond acceptors (Lipinski definition) is 2. The summed E-state index contributed by atoms with van der Waals surface area (Å²) in [5, 5.41) is 3.19. The molecular weight excluding hydrogens is 250 g/mol. The Morgan fingerprint density at radius 1 is 1.25 bits per heavy atom. The number of anilines is 1. The summed E-state index contributed by atoms with van der Waals surface area (Å²) >= 11 is 0. The van der Waals surface area contributed by atoms with Crippen molar-refractivity contribution in [2.24, 2.45) is 0 Å². The fraction of sp³-hybridized carbons (Fsp3) is 0.562. The Morgan fingerprint density at radius 2 is 2.05 bits per heavy atom. The molecule has 1 saturated carbocycles. The van der Waals surface area contributed by atoms with Gasteiger partial charge < -0.3 is 16.0 Å². The van der Waals surface area contributed by atoms with Crippen LogP contribution in [0.1, 0.15) is 43.2 Å². The lowest BCUT2D eigenvalue weighted by atomic mass is 9.95. The Labute approximate surface area is 120 Å². The van der Waals surface area contributed by atoms with Crippen molar-refractivity contribution in [3.8, 4) is 0 Å². The van der Waals surface area contributed by atoms with Crippen LogP contribution in [0.3, 0.4) is 0 Å². The molecule has 0 radical (unpaired) electrons. The molecule has 2 amide bonds. The van der Waals surface area contributed by atoms with Crippen LogP contribution >= 0.6 is 0 Å². The minimum atomic E-state index is 0.0748. The molecule has 3 N–H and O–H groups in total. The van der Waals surface area contributed by atoms with Gasteiger partial charge in [0, 0.05) is 24.8 Å². The molecule has 1 aliphatic carbocycles. The lowest BCUT2D eigenvalue weighted by Gasteiger charge is -2.32. The van der Waals surface area contributed by atoms with Gasteiger partial charge in [0.25, 0.3) is 0 Å². The van der Waals surface area contributed by atoms with E-state index in [-0.39, 0.29) is 6.03 Å². The van der Waals surface area contributed by atoms with Crippen molar-refractivity contribution in [2.45, 2.75) is 51.1 Å². The van der Waals surface area contributed by atoms with Crippen molar-refractivity contribution in [1.29, 1.82) is 0 Å². The van der Waals surface area contributed by atoms with Gasteiger partial charge in [0.05, 0.1) is 0 Å². The summed E-state index contributed by atoms with van der Waals surface area (Å²) in [4.78, 5) is 14.3. The molecular formula is C16H23N3O. The van der Waals surface area contributed by atoms with Gasteiger partial charge in [-0.2, -0.15) is 0 Å². The van der Waals surface area contributed by atoms with E-state index < -0.39 is 0 Å². The van der Waals surface area contributed by atoms with E-state index in [1.54, 1.807) is 0 Å². The first-order valence-electron chi connectivity index (χ1n) is 7.66. The molecule has 0 unspecified atom stereocenters. The third-order valence-electron chi connectivity index (χ3n) is 4.53. The highest BCUT2D eigenvalue weighted by molar-refractivity contribution is 5.75. The third kappa shape index (κ3) is 2.74. The fourth-order valence-corrected chi connectivity index (χ4v) is 3.29. The first-order valence-corrected chi connectivity index (χ1v) is 7.66. The molecule has 108 valence electrons. The van der Waals surface area contributed by atoms with Crippen LogP contribution in [0, 0.1) is 0 Å². The van der Waals surface area contributed by atoms with Crippen LogP contribution in [0.15, 0.2) is 18.2 Å². The number of carbonyl (C=O) groups is 1. The second-order valence-corrected chi connectivity index (χ2v) is 5.94. The Morgan fingerprint density at radius 3 is 2.85 bits per heavy atom. The van der Waals surface area contributed by atoms with Crippen LogP contribution in [0.2, 0.25) is 0 Å². The molecule has 2 aliphatic rings. The summed E-state index contributed by atoms with van der Waals surface area (Å²) in [6.45, 7) is 1.43. The molecule has 0 saturated heterocycles. The smallest absolute Gasteiger partial charge is 0.317 e. The highest BCUT2D eigenvalue weighted by Crippen LogP contribution is 2.24. The van der Waals surface area contributed by atoms with Gasteiger partial charge in [0.1, 0.15) is 0 Å². The standard InChI is InChI=1S/C16H23N3O/c17-15-8-4-5-12-9-10-19(11-14(12)15)16(20)18-13-6-2-1-3-7-13/h4-5,8,13H,1-3,6-7,9-11,17H2,(H,18,20). The van der Waals surface area contributed by atoms with E-state index in [1.807, 2.05) is 17.0 Å². The zero-order valence-corrected chi connectivity index (χ0v) is 11.9. The summed E-state index contributed by atoms with van der Waals surface area (Å²) in [6, 6.07) is 6.46. The zero-order valence-electron chi connectivity index (χ0n) is 11.9. The van der Waals surface area contributed by atoms with Crippen LogP contribution in [0.4, 0.5) is 10.5 Å². The van der Waals surface area contributed by atoms with Crippen molar-refractivity contribution in [1.82, 2.24) is 10.2 Å². The molecule has 4 nitrogen and oxygen atoms in total. The van der Waals surface area contributed by atoms with Crippen LogP contribution in [0.5, 0.6) is 0 Å². The van der Waals surface area contributed by atoms with E-state index >= 15 is 0 Å². The summed E-state index contributed by atoms with van der Waals surface area (Å²) in [5.41, 5.74) is 9.24. The lowest BCUT2D eigenvalue weighted by molar-refractivity contribution is 0.185. The molecule has 0 aromatic heterocycles. The minimum absolute atomic E-state index is 0.0748. The zero-order chi connectivity index (χ0) is 13.9. The van der Waals surface area contributed by atoms with Crippen molar-refractivity contribution in [3.05, 3.63) is 29.3 Å². The first kappa shape index (κ1) is 13.3. The summed E-state index contributed by atoms with van der Waals surface area (Å²) in [5.74, 6) is 0. The van der Waals surface area contributed by atoms with Crippen LogP contribution in [0.25, 0.3) is 0 Å². The van der Waals surface area contributed by atoms with E-state index in [0.717, 1.165) is 37.1 Å². The minimum Gasteiger partial charge on any atom is -0.398 e. The third-order valence-corrected chi connectivity index (χ3v) is 4.53. The van der Waals surface area contributed by atoms with Gasteiger partial charge in [-0.05, 0) is 36.5 Å². The molecule has 4 heteroatoms. The number of benzene rings is 1. The van der Waals surface area contributed by atoms with Gasteiger partial charge in [0.2, 0.25) is 0 Å². The average molecular weight is 273 g/mol. The fourth-order valence-electron chi connectivity index (χ4n) is 3.29. The monoisotopic (exact) mass is 273 g/mol. The average Bonchev–Trinajstić information content (AvgIpc) is 2.48. The normalized spacial score (nSPS) is 19.5. The number of nitrogens with zero attached hydrogens (tertiary/aromatic N) is 1. The Balaban J connectivity index is 1.64. The molecule has 0 bridgehead atoms. The van der Waals surface area contributed by atoms with Gasteiger partial charge in [-0.15, -0.1) is 0 Å². The van der Waals surface area contributed by atoms with Gasteiger partial charge >= 0.3 is 6.03 Å². The van der Waals surface area contributed by atoms with Crippen molar-refractivity contribution in [2.75, 3.05) is 12.3 Å². The topological polar surface area (TPSA) is 58.4 Å². The number of carbonyl (C=O) groups excluding carboxylic acids is 1. The SMILES string of the molecule is Nc1cccc2c1CN(C(=O)NC1CCCCC1)CC2. The molecule has 3 rings (SSSR count). The first-order chi connectivity index (χ1) is 9.74. The molecule has 0 atom stereocenters. The number of urea groups is 1. The summed E-state index contributed by atoms with van der Waals surface area (Å²) in [6.07, 6.45) is 6.93. The number of fused-ring (bicyclic) bond motifs is 1. The number of rotatable bonds is 1. The van der Waals surface area contributed by atoms with Crippen molar-refractivity contribution >= 4 is 11.7 Å². The summed E-state index contributed by atoms with van der Waals surface area (Å²) < 4.78 is 0. The second-order valence-electron chi connectivity index (χ2n) is 5.94. The van der Waals surface area contributed by atoms with Gasteiger partial charge in [0.15, 0.2) is 0 Å². The molecule has 0 spiro atoms. The van der Waals surface area contributed by atoms with E-state index in [9.17, 15) is 4.79 Å².